The average Bonchev–Trinajstić information content (AvgIpc) is 2.39. The van der Waals surface area contributed by atoms with Crippen molar-refractivity contribution in [2.45, 2.75) is 18.7 Å². The minimum absolute atomic E-state index is 0.304. The zero-order chi connectivity index (χ0) is 15.1. The van der Waals surface area contributed by atoms with Gasteiger partial charge in [0.25, 0.3) is 0 Å². The van der Waals surface area contributed by atoms with E-state index < -0.39 is 12.0 Å². The standard InChI is InChI=1S/C13H16BrNO4S/c1-8(16)15-12(13(17)18)7-20-6-9-5-10(19-2)3-4-11(9)14/h3-5,12H,6-7H2,1-2H3,(H,15,16)(H,17,18). The van der Waals surface area contributed by atoms with Gasteiger partial charge >= 0.3 is 5.97 Å². The van der Waals surface area contributed by atoms with Crippen molar-refractivity contribution in [1.82, 2.24) is 5.32 Å². The summed E-state index contributed by atoms with van der Waals surface area (Å²) < 4.78 is 6.09. The number of methoxy groups -OCH3 is 1. The van der Waals surface area contributed by atoms with Crippen LogP contribution in [-0.4, -0.2) is 35.9 Å². The number of aliphatic carboxylic acids is 1. The third-order valence-electron chi connectivity index (χ3n) is 2.47. The van der Waals surface area contributed by atoms with E-state index in [9.17, 15) is 9.59 Å². The van der Waals surface area contributed by atoms with Gasteiger partial charge in [-0.1, -0.05) is 15.9 Å². The van der Waals surface area contributed by atoms with Crippen molar-refractivity contribution < 1.29 is 19.4 Å². The maximum absolute atomic E-state index is 11.0. The minimum Gasteiger partial charge on any atom is -0.497 e. The third-order valence-corrected chi connectivity index (χ3v) is 4.33. The third kappa shape index (κ3) is 5.42. The first-order chi connectivity index (χ1) is 9.43. The molecule has 0 bridgehead atoms. The van der Waals surface area contributed by atoms with Crippen LogP contribution in [0.2, 0.25) is 0 Å². The summed E-state index contributed by atoms with van der Waals surface area (Å²) in [6.07, 6.45) is 0. The Bertz CT molecular complexity index is 495. The number of ether oxygens (including phenoxy) is 1. The van der Waals surface area contributed by atoms with E-state index in [1.807, 2.05) is 18.2 Å². The Kier molecular flexibility index (Phi) is 6.87. The minimum atomic E-state index is -1.03. The van der Waals surface area contributed by atoms with E-state index in [1.165, 1.54) is 18.7 Å². The summed E-state index contributed by atoms with van der Waals surface area (Å²) in [6.45, 7) is 1.30. The number of rotatable bonds is 7. The Morgan fingerprint density at radius 1 is 1.50 bits per heavy atom. The molecule has 0 fully saturated rings. The maximum Gasteiger partial charge on any atom is 0.327 e. The van der Waals surface area contributed by atoms with Gasteiger partial charge in [-0.3, -0.25) is 4.79 Å². The number of carbonyl (C=O) groups is 2. The van der Waals surface area contributed by atoms with Crippen LogP contribution in [0.3, 0.4) is 0 Å². The smallest absolute Gasteiger partial charge is 0.327 e. The molecule has 1 atom stereocenters. The van der Waals surface area contributed by atoms with Crippen LogP contribution >= 0.6 is 27.7 Å². The predicted octanol–water partition coefficient (Wildman–Crippen LogP) is 2.28. The van der Waals surface area contributed by atoms with E-state index >= 15 is 0 Å². The van der Waals surface area contributed by atoms with Crippen LogP contribution in [0, 0.1) is 0 Å². The molecule has 5 nitrogen and oxygen atoms in total. The molecule has 0 aliphatic heterocycles. The second kappa shape index (κ2) is 8.16. The van der Waals surface area contributed by atoms with Crippen molar-refractivity contribution >= 4 is 39.6 Å². The summed E-state index contributed by atoms with van der Waals surface area (Å²) in [5.41, 5.74) is 1.02. The molecule has 7 heteroatoms. The molecule has 110 valence electrons. The molecule has 0 saturated heterocycles. The van der Waals surface area contributed by atoms with Crippen LogP contribution in [-0.2, 0) is 15.3 Å². The summed E-state index contributed by atoms with van der Waals surface area (Å²) in [6, 6.07) is 4.75. The van der Waals surface area contributed by atoms with Gasteiger partial charge in [-0.15, -0.1) is 0 Å². The highest BCUT2D eigenvalue weighted by molar-refractivity contribution is 9.10. The Morgan fingerprint density at radius 2 is 2.20 bits per heavy atom. The normalized spacial score (nSPS) is 11.8. The zero-order valence-electron chi connectivity index (χ0n) is 11.2. The number of benzene rings is 1. The Balaban J connectivity index is 2.58. The predicted molar refractivity (Wildman–Crippen MR) is 82.1 cm³/mol. The summed E-state index contributed by atoms with van der Waals surface area (Å²) in [7, 11) is 1.59. The SMILES string of the molecule is COc1ccc(Br)c(CSCC(NC(C)=O)C(=O)O)c1. The van der Waals surface area contributed by atoms with Crippen molar-refractivity contribution in [1.29, 1.82) is 0 Å². The lowest BCUT2D eigenvalue weighted by molar-refractivity contribution is -0.140. The molecule has 0 aliphatic carbocycles. The topological polar surface area (TPSA) is 75.6 Å². The first kappa shape index (κ1) is 16.8. The van der Waals surface area contributed by atoms with Gasteiger partial charge < -0.3 is 15.2 Å². The fourth-order valence-corrected chi connectivity index (χ4v) is 3.11. The molecular formula is C13H16BrNO4S. The lowest BCUT2D eigenvalue weighted by atomic mass is 10.2. The molecule has 1 aromatic rings. The van der Waals surface area contributed by atoms with E-state index in [0.29, 0.717) is 11.5 Å². The van der Waals surface area contributed by atoms with Crippen LogP contribution in [0.25, 0.3) is 0 Å². The first-order valence-corrected chi connectivity index (χ1v) is 7.79. The van der Waals surface area contributed by atoms with E-state index in [2.05, 4.69) is 21.2 Å². The van der Waals surface area contributed by atoms with Gasteiger partial charge in [0.1, 0.15) is 11.8 Å². The molecule has 0 spiro atoms. The molecular weight excluding hydrogens is 346 g/mol. The fourth-order valence-electron chi connectivity index (χ4n) is 1.50. The van der Waals surface area contributed by atoms with Crippen LogP contribution in [0.4, 0.5) is 0 Å². The molecule has 0 aromatic heterocycles. The second-order valence-corrected chi connectivity index (χ2v) is 5.95. The highest BCUT2D eigenvalue weighted by Crippen LogP contribution is 2.26. The number of carboxylic acid groups (broad SMARTS) is 1. The van der Waals surface area contributed by atoms with Gasteiger partial charge in [0.2, 0.25) is 5.91 Å². The zero-order valence-corrected chi connectivity index (χ0v) is 13.6. The molecule has 0 aliphatic rings. The van der Waals surface area contributed by atoms with Crippen LogP contribution < -0.4 is 10.1 Å². The molecule has 2 N–H and O–H groups in total. The summed E-state index contributed by atoms with van der Waals surface area (Å²) in [4.78, 5) is 21.9. The van der Waals surface area contributed by atoms with Crippen molar-refractivity contribution in [3.8, 4) is 5.75 Å². The molecule has 20 heavy (non-hydrogen) atoms. The van der Waals surface area contributed by atoms with Crippen molar-refractivity contribution in [3.05, 3.63) is 28.2 Å². The number of nitrogens with one attached hydrogen (secondary N) is 1. The number of thioether (sulfide) groups is 1. The van der Waals surface area contributed by atoms with E-state index in [0.717, 1.165) is 15.8 Å². The summed E-state index contributed by atoms with van der Waals surface area (Å²) in [5, 5.41) is 11.4. The van der Waals surface area contributed by atoms with Crippen molar-refractivity contribution in [2.75, 3.05) is 12.9 Å². The van der Waals surface area contributed by atoms with Gasteiger partial charge in [0.05, 0.1) is 7.11 Å². The van der Waals surface area contributed by atoms with Gasteiger partial charge in [0.15, 0.2) is 0 Å². The monoisotopic (exact) mass is 361 g/mol. The molecule has 1 unspecified atom stereocenters. The largest absolute Gasteiger partial charge is 0.497 e. The van der Waals surface area contributed by atoms with Gasteiger partial charge in [-0.2, -0.15) is 11.8 Å². The Morgan fingerprint density at radius 3 is 2.75 bits per heavy atom. The summed E-state index contributed by atoms with van der Waals surface area (Å²) in [5.74, 6) is 0.304. The van der Waals surface area contributed by atoms with Gasteiger partial charge in [-0.25, -0.2) is 4.79 Å². The number of hydrogen-bond acceptors (Lipinski definition) is 4. The number of halogens is 1. The number of carbonyl (C=O) groups excluding carboxylic acids is 1. The maximum atomic E-state index is 11.0. The quantitative estimate of drug-likeness (QED) is 0.778. The van der Waals surface area contributed by atoms with E-state index in [4.69, 9.17) is 9.84 Å². The average molecular weight is 362 g/mol. The first-order valence-electron chi connectivity index (χ1n) is 5.84. The summed E-state index contributed by atoms with van der Waals surface area (Å²) >= 11 is 4.88. The molecule has 0 saturated carbocycles. The lowest BCUT2D eigenvalue weighted by Crippen LogP contribution is -2.41. The Hall–Kier alpha value is -1.21. The molecule has 0 heterocycles. The molecule has 1 rings (SSSR count). The molecule has 1 aromatic carbocycles. The second-order valence-electron chi connectivity index (χ2n) is 4.06. The fraction of sp³-hybridized carbons (Fsp3) is 0.385. The Labute approximate surface area is 130 Å². The van der Waals surface area contributed by atoms with Crippen molar-refractivity contribution in [2.24, 2.45) is 0 Å². The van der Waals surface area contributed by atoms with E-state index in [-0.39, 0.29) is 5.91 Å². The lowest BCUT2D eigenvalue weighted by Gasteiger charge is -2.13. The highest BCUT2D eigenvalue weighted by Gasteiger charge is 2.18. The van der Waals surface area contributed by atoms with Crippen LogP contribution in [0.15, 0.2) is 22.7 Å². The number of hydrogen-bond donors (Lipinski definition) is 2. The van der Waals surface area contributed by atoms with Gasteiger partial charge in [-0.05, 0) is 23.8 Å². The van der Waals surface area contributed by atoms with Crippen molar-refractivity contribution in [3.63, 3.8) is 0 Å². The van der Waals surface area contributed by atoms with E-state index in [1.54, 1.807) is 7.11 Å². The number of amides is 1. The molecule has 1 amide bonds. The van der Waals surface area contributed by atoms with Crippen LogP contribution in [0.1, 0.15) is 12.5 Å². The number of carboxylic acids is 1. The molecule has 0 radical (unpaired) electrons. The van der Waals surface area contributed by atoms with Gasteiger partial charge in [0, 0.05) is 22.9 Å². The van der Waals surface area contributed by atoms with Crippen LogP contribution in [0.5, 0.6) is 5.75 Å². The highest BCUT2D eigenvalue weighted by atomic mass is 79.9.